The summed E-state index contributed by atoms with van der Waals surface area (Å²) in [5.74, 6) is -6.26. The number of ether oxygens (including phenoxy) is 2. The van der Waals surface area contributed by atoms with E-state index in [1.54, 1.807) is 45.0 Å². The van der Waals surface area contributed by atoms with Crippen molar-refractivity contribution in [2.24, 2.45) is 0 Å². The number of carbonyl (C=O) groups is 5. The number of hydrogen-bond acceptors (Lipinski definition) is 9. The van der Waals surface area contributed by atoms with E-state index in [1.807, 2.05) is 0 Å². The Balaban J connectivity index is 2.76. The van der Waals surface area contributed by atoms with Gasteiger partial charge in [-0.25, -0.2) is 4.79 Å². The Morgan fingerprint density at radius 1 is 0.757 bits per heavy atom. The minimum atomic E-state index is -1.15. The van der Waals surface area contributed by atoms with E-state index < -0.39 is 57.4 Å². The number of phenolic OH excluding ortho intramolecular Hbond substituents is 2. The number of carbonyl (C=O) groups excluding carboxylic acids is 5. The van der Waals surface area contributed by atoms with Crippen molar-refractivity contribution in [2.75, 3.05) is 0 Å². The average molecular weight is 513 g/mol. The van der Waals surface area contributed by atoms with Crippen LogP contribution in [0.25, 0.3) is 0 Å². The predicted octanol–water partition coefficient (Wildman–Crippen LogP) is 5.33. The lowest BCUT2D eigenvalue weighted by molar-refractivity contribution is -0.134. The fourth-order valence-electron chi connectivity index (χ4n) is 3.82. The standard InChI is InChI=1S/C28H32O9/c1-5-10-19(30)22-24(28(35)36-15-17-13-8-9-14-18(17)16(4)29)23(20(31)11-6-2)27(26(34)25(22)33)37-21(32)12-7-3/h8-9,13-14,33-34H,5-7,10-12,15H2,1-4H3. The van der Waals surface area contributed by atoms with Crippen LogP contribution in [-0.4, -0.2) is 39.5 Å². The van der Waals surface area contributed by atoms with E-state index >= 15 is 0 Å². The molecule has 9 nitrogen and oxygen atoms in total. The molecular formula is C28H32O9. The summed E-state index contributed by atoms with van der Waals surface area (Å²) in [6.45, 7) is 6.12. The Bertz CT molecular complexity index is 1210. The fraction of sp³-hybridized carbons (Fsp3) is 0.393. The first-order chi connectivity index (χ1) is 17.6. The summed E-state index contributed by atoms with van der Waals surface area (Å²) in [6, 6.07) is 6.46. The first-order valence-electron chi connectivity index (χ1n) is 12.2. The minimum Gasteiger partial charge on any atom is -0.504 e. The van der Waals surface area contributed by atoms with Gasteiger partial charge in [-0.2, -0.15) is 0 Å². The van der Waals surface area contributed by atoms with Crippen LogP contribution in [0.4, 0.5) is 0 Å². The number of ketones is 3. The number of aromatic hydroxyl groups is 2. The second-order valence-electron chi connectivity index (χ2n) is 8.51. The summed E-state index contributed by atoms with van der Waals surface area (Å²) < 4.78 is 10.6. The van der Waals surface area contributed by atoms with Gasteiger partial charge in [-0.1, -0.05) is 45.0 Å². The molecule has 0 fully saturated rings. The summed E-state index contributed by atoms with van der Waals surface area (Å²) >= 11 is 0. The van der Waals surface area contributed by atoms with Crippen molar-refractivity contribution in [3.05, 3.63) is 52.1 Å². The lowest BCUT2D eigenvalue weighted by Crippen LogP contribution is -2.21. The molecule has 2 aromatic carbocycles. The van der Waals surface area contributed by atoms with Gasteiger partial charge in [0.25, 0.3) is 0 Å². The normalized spacial score (nSPS) is 10.6. The maximum atomic E-state index is 13.4. The molecule has 9 heteroatoms. The predicted molar refractivity (Wildman–Crippen MR) is 134 cm³/mol. The summed E-state index contributed by atoms with van der Waals surface area (Å²) in [6.07, 6.45) is 0.849. The van der Waals surface area contributed by atoms with Crippen molar-refractivity contribution in [1.29, 1.82) is 0 Å². The van der Waals surface area contributed by atoms with E-state index in [4.69, 9.17) is 9.47 Å². The van der Waals surface area contributed by atoms with Gasteiger partial charge >= 0.3 is 11.9 Å². The van der Waals surface area contributed by atoms with Crippen LogP contribution in [-0.2, 0) is 16.1 Å². The molecule has 0 saturated heterocycles. The third-order valence-corrected chi connectivity index (χ3v) is 5.54. The van der Waals surface area contributed by atoms with Crippen molar-refractivity contribution >= 4 is 29.3 Å². The molecule has 0 atom stereocenters. The van der Waals surface area contributed by atoms with Crippen molar-refractivity contribution in [3.8, 4) is 17.2 Å². The number of phenols is 2. The van der Waals surface area contributed by atoms with Gasteiger partial charge < -0.3 is 19.7 Å². The maximum Gasteiger partial charge on any atom is 0.340 e. The van der Waals surface area contributed by atoms with Gasteiger partial charge in [-0.15, -0.1) is 0 Å². The molecule has 2 aromatic rings. The Morgan fingerprint density at radius 3 is 1.89 bits per heavy atom. The first-order valence-corrected chi connectivity index (χ1v) is 12.2. The molecule has 0 aromatic heterocycles. The lowest BCUT2D eigenvalue weighted by Gasteiger charge is -2.20. The van der Waals surface area contributed by atoms with Crippen molar-refractivity contribution in [1.82, 2.24) is 0 Å². The third kappa shape index (κ3) is 6.81. The highest BCUT2D eigenvalue weighted by Crippen LogP contribution is 2.46. The molecule has 198 valence electrons. The molecule has 37 heavy (non-hydrogen) atoms. The molecule has 0 aliphatic carbocycles. The van der Waals surface area contributed by atoms with Crippen molar-refractivity contribution < 1.29 is 43.7 Å². The van der Waals surface area contributed by atoms with E-state index in [1.165, 1.54) is 6.92 Å². The van der Waals surface area contributed by atoms with Gasteiger partial charge in [0, 0.05) is 30.4 Å². The Morgan fingerprint density at radius 2 is 1.32 bits per heavy atom. The van der Waals surface area contributed by atoms with Gasteiger partial charge in [-0.05, 0) is 26.2 Å². The molecule has 0 unspecified atom stereocenters. The topological polar surface area (TPSA) is 144 Å². The highest BCUT2D eigenvalue weighted by atomic mass is 16.5. The van der Waals surface area contributed by atoms with E-state index in [0.29, 0.717) is 30.4 Å². The first kappa shape index (κ1) is 29.2. The van der Waals surface area contributed by atoms with Crippen LogP contribution < -0.4 is 4.74 Å². The zero-order valence-electron chi connectivity index (χ0n) is 21.5. The maximum absolute atomic E-state index is 13.4. The molecular weight excluding hydrogens is 480 g/mol. The summed E-state index contributed by atoms with van der Waals surface area (Å²) in [5.41, 5.74) is -0.969. The number of Topliss-reactive ketones (excluding diaryl/α,β-unsaturated/α-hetero) is 3. The molecule has 0 aliphatic rings. The van der Waals surface area contributed by atoms with Gasteiger partial charge in [0.2, 0.25) is 5.75 Å². The van der Waals surface area contributed by atoms with Crippen molar-refractivity contribution in [3.63, 3.8) is 0 Å². The number of benzene rings is 2. The average Bonchev–Trinajstić information content (AvgIpc) is 2.85. The SMILES string of the molecule is CCCC(=O)Oc1c(O)c(O)c(C(=O)CCC)c(C(=O)OCc2ccccc2C(C)=O)c1C(=O)CCC. The summed E-state index contributed by atoms with van der Waals surface area (Å²) in [5, 5.41) is 21.5. The van der Waals surface area contributed by atoms with Crippen LogP contribution in [0, 0.1) is 0 Å². The van der Waals surface area contributed by atoms with Gasteiger partial charge in [-0.3, -0.25) is 19.2 Å². The third-order valence-electron chi connectivity index (χ3n) is 5.54. The minimum absolute atomic E-state index is 0.0558. The Hall–Kier alpha value is -4.01. The second kappa shape index (κ2) is 13.3. The fourth-order valence-corrected chi connectivity index (χ4v) is 3.82. The van der Waals surface area contributed by atoms with Crippen LogP contribution in [0.5, 0.6) is 17.2 Å². The molecule has 0 bridgehead atoms. The molecule has 0 aliphatic heterocycles. The number of rotatable bonds is 13. The van der Waals surface area contributed by atoms with Gasteiger partial charge in [0.05, 0.1) is 16.7 Å². The van der Waals surface area contributed by atoms with E-state index in [9.17, 15) is 34.2 Å². The summed E-state index contributed by atoms with van der Waals surface area (Å²) in [4.78, 5) is 63.9. The molecule has 0 saturated carbocycles. The largest absolute Gasteiger partial charge is 0.504 e. The number of esters is 2. The van der Waals surface area contributed by atoms with Gasteiger partial charge in [0.1, 0.15) is 6.61 Å². The van der Waals surface area contributed by atoms with E-state index in [-0.39, 0.29) is 31.7 Å². The smallest absolute Gasteiger partial charge is 0.340 e. The molecule has 0 radical (unpaired) electrons. The lowest BCUT2D eigenvalue weighted by atomic mass is 9.90. The second-order valence-corrected chi connectivity index (χ2v) is 8.51. The molecule has 0 amide bonds. The van der Waals surface area contributed by atoms with Gasteiger partial charge in [0.15, 0.2) is 28.8 Å². The Labute approximate surface area is 215 Å². The van der Waals surface area contributed by atoms with Crippen LogP contribution in [0.1, 0.15) is 113 Å². The highest BCUT2D eigenvalue weighted by Gasteiger charge is 2.36. The van der Waals surface area contributed by atoms with Crippen LogP contribution in [0.3, 0.4) is 0 Å². The molecule has 0 spiro atoms. The van der Waals surface area contributed by atoms with E-state index in [0.717, 1.165) is 0 Å². The Kier molecular flexibility index (Phi) is 10.5. The zero-order chi connectivity index (χ0) is 27.7. The highest BCUT2D eigenvalue weighted by molar-refractivity contribution is 6.17. The summed E-state index contributed by atoms with van der Waals surface area (Å²) in [7, 11) is 0. The number of hydrogen-bond donors (Lipinski definition) is 2. The quantitative estimate of drug-likeness (QED) is 0.157. The monoisotopic (exact) mass is 512 g/mol. The molecule has 2 rings (SSSR count). The van der Waals surface area contributed by atoms with Crippen LogP contribution >= 0.6 is 0 Å². The molecule has 2 N–H and O–H groups in total. The van der Waals surface area contributed by atoms with Crippen molar-refractivity contribution in [2.45, 2.75) is 72.8 Å². The van der Waals surface area contributed by atoms with Crippen LogP contribution in [0.2, 0.25) is 0 Å². The van der Waals surface area contributed by atoms with E-state index in [2.05, 4.69) is 0 Å². The molecule has 0 heterocycles. The van der Waals surface area contributed by atoms with Crippen LogP contribution in [0.15, 0.2) is 24.3 Å². The zero-order valence-corrected chi connectivity index (χ0v) is 21.5.